The first-order valence-corrected chi connectivity index (χ1v) is 6.52. The summed E-state index contributed by atoms with van der Waals surface area (Å²) in [7, 11) is 0. The molecule has 104 valence electrons. The molecule has 2 fully saturated rings. The fourth-order valence-electron chi connectivity index (χ4n) is 2.73. The molecule has 2 saturated heterocycles. The second-order valence-electron chi connectivity index (χ2n) is 5.71. The third-order valence-corrected chi connectivity index (χ3v) is 4.33. The predicted molar refractivity (Wildman–Crippen MR) is 66.6 cm³/mol. The molecule has 19 heavy (non-hydrogen) atoms. The molecule has 0 radical (unpaired) electrons. The number of carbonyl (C=O) groups excluding carboxylic acids is 2. The Labute approximate surface area is 112 Å². The maximum absolute atomic E-state index is 12.6. The summed E-state index contributed by atoms with van der Waals surface area (Å²) in [5, 5.41) is 9.37. The van der Waals surface area contributed by atoms with Crippen LogP contribution in [-0.2, 0) is 14.3 Å². The standard InChI is InChI=1S/C13H19N3O3/c1-12(10(15)17)2-5-16(9-12)11(18)13(8-14)3-6-19-7-4-13/h2-7,9H2,1H3,(H2,15,17). The molecule has 2 heterocycles. The second-order valence-corrected chi connectivity index (χ2v) is 5.71. The Morgan fingerprint density at radius 2 is 1.95 bits per heavy atom. The monoisotopic (exact) mass is 265 g/mol. The van der Waals surface area contributed by atoms with Crippen molar-refractivity contribution >= 4 is 11.8 Å². The first kappa shape index (κ1) is 13.8. The number of nitrogens with zero attached hydrogens (tertiary/aromatic N) is 2. The average molecular weight is 265 g/mol. The maximum atomic E-state index is 12.6. The lowest BCUT2D eigenvalue weighted by Gasteiger charge is -2.33. The highest BCUT2D eigenvalue weighted by molar-refractivity contribution is 5.88. The Bertz CT molecular complexity index is 437. The number of hydrogen-bond acceptors (Lipinski definition) is 4. The molecule has 1 unspecified atom stereocenters. The molecule has 2 rings (SSSR count). The number of amides is 2. The van der Waals surface area contributed by atoms with E-state index in [0.29, 0.717) is 45.6 Å². The van der Waals surface area contributed by atoms with Crippen LogP contribution in [0.5, 0.6) is 0 Å². The number of ether oxygens (including phenoxy) is 1. The first-order chi connectivity index (χ1) is 8.93. The van der Waals surface area contributed by atoms with E-state index in [-0.39, 0.29) is 11.8 Å². The lowest BCUT2D eigenvalue weighted by atomic mass is 9.80. The highest BCUT2D eigenvalue weighted by atomic mass is 16.5. The van der Waals surface area contributed by atoms with Gasteiger partial charge in [0, 0.05) is 26.3 Å². The molecule has 6 heteroatoms. The zero-order chi connectivity index (χ0) is 14.1. The van der Waals surface area contributed by atoms with Gasteiger partial charge in [-0.15, -0.1) is 0 Å². The van der Waals surface area contributed by atoms with E-state index in [4.69, 9.17) is 10.5 Å². The molecule has 2 N–H and O–H groups in total. The van der Waals surface area contributed by atoms with E-state index in [1.807, 2.05) is 0 Å². The van der Waals surface area contributed by atoms with E-state index in [2.05, 4.69) is 6.07 Å². The van der Waals surface area contributed by atoms with Crippen molar-refractivity contribution in [3.05, 3.63) is 0 Å². The fourth-order valence-corrected chi connectivity index (χ4v) is 2.73. The van der Waals surface area contributed by atoms with Crippen molar-refractivity contribution in [2.45, 2.75) is 26.2 Å². The van der Waals surface area contributed by atoms with Crippen molar-refractivity contribution < 1.29 is 14.3 Å². The van der Waals surface area contributed by atoms with Gasteiger partial charge in [0.25, 0.3) is 0 Å². The molecule has 1 atom stereocenters. The van der Waals surface area contributed by atoms with Crippen LogP contribution < -0.4 is 5.73 Å². The molecule has 0 aromatic rings. The summed E-state index contributed by atoms with van der Waals surface area (Å²) >= 11 is 0. The third kappa shape index (κ3) is 2.30. The molecule has 0 spiro atoms. The minimum Gasteiger partial charge on any atom is -0.381 e. The van der Waals surface area contributed by atoms with Gasteiger partial charge in [-0.25, -0.2) is 0 Å². The molecule has 0 aliphatic carbocycles. The summed E-state index contributed by atoms with van der Waals surface area (Å²) in [5.74, 6) is -0.566. The highest BCUT2D eigenvalue weighted by Crippen LogP contribution is 2.36. The van der Waals surface area contributed by atoms with Gasteiger partial charge >= 0.3 is 0 Å². The van der Waals surface area contributed by atoms with Gasteiger partial charge in [-0.1, -0.05) is 0 Å². The van der Waals surface area contributed by atoms with E-state index in [0.717, 1.165) is 0 Å². The number of nitriles is 1. The second kappa shape index (κ2) is 4.82. The van der Waals surface area contributed by atoms with Gasteiger partial charge in [-0.3, -0.25) is 9.59 Å². The van der Waals surface area contributed by atoms with Gasteiger partial charge in [0.05, 0.1) is 11.5 Å². The quantitative estimate of drug-likeness (QED) is 0.761. The normalized spacial score (nSPS) is 29.8. The van der Waals surface area contributed by atoms with Crippen LogP contribution in [0, 0.1) is 22.2 Å². The van der Waals surface area contributed by atoms with Gasteiger partial charge in [0.1, 0.15) is 5.41 Å². The van der Waals surface area contributed by atoms with E-state index in [9.17, 15) is 14.9 Å². The molecule has 0 aromatic carbocycles. The average Bonchev–Trinajstić information content (AvgIpc) is 2.83. The van der Waals surface area contributed by atoms with E-state index >= 15 is 0 Å². The van der Waals surface area contributed by atoms with Crippen LogP contribution in [-0.4, -0.2) is 43.0 Å². The van der Waals surface area contributed by atoms with Crippen LogP contribution in [0.25, 0.3) is 0 Å². The van der Waals surface area contributed by atoms with Crippen LogP contribution >= 0.6 is 0 Å². The largest absolute Gasteiger partial charge is 0.381 e. The summed E-state index contributed by atoms with van der Waals surface area (Å²) in [6.45, 7) is 3.43. The number of rotatable bonds is 2. The molecular weight excluding hydrogens is 246 g/mol. The van der Waals surface area contributed by atoms with Crippen LogP contribution in [0.15, 0.2) is 0 Å². The van der Waals surface area contributed by atoms with E-state index in [1.54, 1.807) is 11.8 Å². The lowest BCUT2D eigenvalue weighted by molar-refractivity contribution is -0.143. The van der Waals surface area contributed by atoms with Crippen LogP contribution in [0.4, 0.5) is 0 Å². The number of hydrogen-bond donors (Lipinski definition) is 1. The van der Waals surface area contributed by atoms with Gasteiger partial charge in [0.15, 0.2) is 0 Å². The SMILES string of the molecule is CC1(C(N)=O)CCN(C(=O)C2(C#N)CCOCC2)C1. The molecule has 6 nitrogen and oxygen atoms in total. The predicted octanol–water partition coefficient (Wildman–Crippen LogP) is 0.0307. The fraction of sp³-hybridized carbons (Fsp3) is 0.769. The Morgan fingerprint density at radius 1 is 1.32 bits per heavy atom. The summed E-state index contributed by atoms with van der Waals surface area (Å²) in [5.41, 5.74) is 3.72. The Balaban J connectivity index is 2.13. The van der Waals surface area contributed by atoms with Gasteiger partial charge in [-0.2, -0.15) is 5.26 Å². The van der Waals surface area contributed by atoms with E-state index in [1.165, 1.54) is 0 Å². The number of nitrogens with two attached hydrogens (primary N) is 1. The summed E-state index contributed by atoms with van der Waals surface area (Å²) in [4.78, 5) is 25.6. The molecule has 0 bridgehead atoms. The van der Waals surface area contributed by atoms with Crippen molar-refractivity contribution in [2.75, 3.05) is 26.3 Å². The summed E-state index contributed by atoms with van der Waals surface area (Å²) in [6.07, 6.45) is 1.41. The number of likely N-dealkylation sites (tertiary alicyclic amines) is 1. The van der Waals surface area contributed by atoms with Crippen molar-refractivity contribution in [1.29, 1.82) is 5.26 Å². The lowest BCUT2D eigenvalue weighted by Crippen LogP contribution is -2.47. The molecule has 2 aliphatic heterocycles. The molecule has 0 aromatic heterocycles. The zero-order valence-corrected chi connectivity index (χ0v) is 11.1. The third-order valence-electron chi connectivity index (χ3n) is 4.33. The Kier molecular flexibility index (Phi) is 3.50. The zero-order valence-electron chi connectivity index (χ0n) is 11.1. The Morgan fingerprint density at radius 3 is 2.42 bits per heavy atom. The summed E-state index contributed by atoms with van der Waals surface area (Å²) in [6, 6.07) is 2.16. The molecule has 2 amide bonds. The Hall–Kier alpha value is -1.61. The van der Waals surface area contributed by atoms with E-state index < -0.39 is 10.8 Å². The van der Waals surface area contributed by atoms with Crippen molar-refractivity contribution in [1.82, 2.24) is 4.90 Å². The number of primary amides is 1. The van der Waals surface area contributed by atoms with Crippen molar-refractivity contribution in [3.8, 4) is 6.07 Å². The highest BCUT2D eigenvalue weighted by Gasteiger charge is 2.48. The van der Waals surface area contributed by atoms with Gasteiger partial charge in [0.2, 0.25) is 11.8 Å². The first-order valence-electron chi connectivity index (χ1n) is 6.52. The number of carbonyl (C=O) groups is 2. The van der Waals surface area contributed by atoms with Crippen LogP contribution in [0.1, 0.15) is 26.2 Å². The maximum Gasteiger partial charge on any atom is 0.243 e. The molecule has 2 aliphatic rings. The molecular formula is C13H19N3O3. The molecule has 0 saturated carbocycles. The minimum atomic E-state index is -0.985. The smallest absolute Gasteiger partial charge is 0.243 e. The van der Waals surface area contributed by atoms with Gasteiger partial charge in [-0.05, 0) is 26.2 Å². The van der Waals surface area contributed by atoms with Crippen LogP contribution in [0.3, 0.4) is 0 Å². The summed E-state index contributed by atoms with van der Waals surface area (Å²) < 4.78 is 5.22. The van der Waals surface area contributed by atoms with Crippen molar-refractivity contribution in [3.63, 3.8) is 0 Å². The van der Waals surface area contributed by atoms with Crippen molar-refractivity contribution in [2.24, 2.45) is 16.6 Å². The van der Waals surface area contributed by atoms with Gasteiger partial charge < -0.3 is 15.4 Å². The minimum absolute atomic E-state index is 0.178. The van der Waals surface area contributed by atoms with Crippen LogP contribution in [0.2, 0.25) is 0 Å². The topological polar surface area (TPSA) is 96.4 Å².